The summed E-state index contributed by atoms with van der Waals surface area (Å²) in [5.41, 5.74) is 4.52. The van der Waals surface area contributed by atoms with Gasteiger partial charge in [-0.15, -0.1) is 10.2 Å². The minimum absolute atomic E-state index is 0.101. The summed E-state index contributed by atoms with van der Waals surface area (Å²) in [4.78, 5) is 13.6. The van der Waals surface area contributed by atoms with E-state index in [2.05, 4.69) is 35.3 Å². The molecule has 8 heteroatoms. The first kappa shape index (κ1) is 20.5. The topological polar surface area (TPSA) is 78.2 Å². The molecule has 0 N–H and O–H groups in total. The summed E-state index contributed by atoms with van der Waals surface area (Å²) in [5.74, 6) is 2.21. The minimum atomic E-state index is -0.101. The standard InChI is InChI=1S/C24H23N5O2S/c1-14(2)17-9-5-7-11-20(17)28-22(30)18-10-6-8-12-21(18)29-23(28)25-26-24(29)32-13-19-15(3)27-31-16(19)4/h5-12,14H,13H2,1-4H3. The second-order valence-corrected chi connectivity index (χ2v) is 9.02. The third kappa shape index (κ3) is 3.22. The highest BCUT2D eigenvalue weighted by Gasteiger charge is 2.20. The van der Waals surface area contributed by atoms with Crippen molar-refractivity contribution in [1.29, 1.82) is 0 Å². The summed E-state index contributed by atoms with van der Waals surface area (Å²) in [6.07, 6.45) is 0. The normalized spacial score (nSPS) is 11.8. The molecule has 0 aliphatic carbocycles. The van der Waals surface area contributed by atoms with Crippen LogP contribution in [0.3, 0.4) is 0 Å². The van der Waals surface area contributed by atoms with Gasteiger partial charge in [0, 0.05) is 11.3 Å². The van der Waals surface area contributed by atoms with Crippen molar-refractivity contribution in [2.45, 2.75) is 44.5 Å². The fourth-order valence-electron chi connectivity index (χ4n) is 4.01. The third-order valence-corrected chi connectivity index (χ3v) is 6.68. The van der Waals surface area contributed by atoms with E-state index in [9.17, 15) is 4.79 Å². The zero-order valence-electron chi connectivity index (χ0n) is 18.4. The van der Waals surface area contributed by atoms with Crippen LogP contribution in [0.2, 0.25) is 0 Å². The number of aromatic nitrogens is 5. The molecule has 0 atom stereocenters. The van der Waals surface area contributed by atoms with E-state index in [0.29, 0.717) is 22.1 Å². The van der Waals surface area contributed by atoms with Crippen molar-refractivity contribution < 1.29 is 4.52 Å². The van der Waals surface area contributed by atoms with Crippen LogP contribution in [-0.4, -0.2) is 24.3 Å². The van der Waals surface area contributed by atoms with Gasteiger partial charge in [-0.3, -0.25) is 9.20 Å². The first-order chi connectivity index (χ1) is 15.5. The summed E-state index contributed by atoms with van der Waals surface area (Å²) in [7, 11) is 0. The van der Waals surface area contributed by atoms with Crippen molar-refractivity contribution >= 4 is 28.4 Å². The van der Waals surface area contributed by atoms with Crippen LogP contribution in [0.4, 0.5) is 0 Å². The van der Waals surface area contributed by atoms with Crippen molar-refractivity contribution in [3.05, 3.63) is 81.5 Å². The van der Waals surface area contributed by atoms with Crippen molar-refractivity contribution in [3.63, 3.8) is 0 Å². The number of aryl methyl sites for hydroxylation is 2. The molecule has 2 aromatic carbocycles. The SMILES string of the molecule is Cc1noc(C)c1CSc1nnc2n(-c3ccccc3C(C)C)c(=O)c3ccccc3n12. The highest BCUT2D eigenvalue weighted by molar-refractivity contribution is 7.98. The van der Waals surface area contributed by atoms with Gasteiger partial charge in [0.1, 0.15) is 5.76 Å². The van der Waals surface area contributed by atoms with Crippen molar-refractivity contribution in [2.24, 2.45) is 0 Å². The second kappa shape index (κ2) is 7.94. The van der Waals surface area contributed by atoms with Gasteiger partial charge >= 0.3 is 0 Å². The van der Waals surface area contributed by atoms with E-state index in [-0.39, 0.29) is 11.5 Å². The van der Waals surface area contributed by atoms with Gasteiger partial charge in [0.2, 0.25) is 5.78 Å². The predicted molar refractivity (Wildman–Crippen MR) is 126 cm³/mol. The molecule has 162 valence electrons. The van der Waals surface area contributed by atoms with E-state index in [0.717, 1.165) is 33.8 Å². The van der Waals surface area contributed by atoms with Crippen LogP contribution in [0.1, 0.15) is 42.3 Å². The zero-order valence-corrected chi connectivity index (χ0v) is 19.2. The maximum absolute atomic E-state index is 13.6. The fourth-order valence-corrected chi connectivity index (χ4v) is 5.11. The van der Waals surface area contributed by atoms with Gasteiger partial charge in [0.25, 0.3) is 5.56 Å². The Bertz CT molecular complexity index is 1490. The van der Waals surface area contributed by atoms with Crippen LogP contribution in [-0.2, 0) is 5.75 Å². The maximum Gasteiger partial charge on any atom is 0.267 e. The lowest BCUT2D eigenvalue weighted by molar-refractivity contribution is 0.392. The first-order valence-corrected chi connectivity index (χ1v) is 11.5. The lowest BCUT2D eigenvalue weighted by atomic mass is 10.0. The molecule has 3 heterocycles. The van der Waals surface area contributed by atoms with Gasteiger partial charge < -0.3 is 4.52 Å². The molecule has 0 aliphatic rings. The summed E-state index contributed by atoms with van der Waals surface area (Å²) in [6, 6.07) is 15.6. The quantitative estimate of drug-likeness (QED) is 0.352. The average molecular weight is 446 g/mol. The Morgan fingerprint density at radius 2 is 1.78 bits per heavy atom. The Morgan fingerprint density at radius 3 is 2.53 bits per heavy atom. The number of hydrogen-bond acceptors (Lipinski definition) is 6. The Kier molecular flexibility index (Phi) is 5.09. The third-order valence-electron chi connectivity index (χ3n) is 5.72. The van der Waals surface area contributed by atoms with E-state index < -0.39 is 0 Å². The molecule has 0 aliphatic heterocycles. The smallest absolute Gasteiger partial charge is 0.267 e. The molecule has 0 radical (unpaired) electrons. The minimum Gasteiger partial charge on any atom is -0.361 e. The largest absolute Gasteiger partial charge is 0.361 e. The molecule has 0 amide bonds. The molecule has 0 unspecified atom stereocenters. The van der Waals surface area contributed by atoms with Crippen molar-refractivity contribution in [2.75, 3.05) is 0 Å². The molecule has 32 heavy (non-hydrogen) atoms. The molecule has 5 aromatic rings. The number of nitrogens with zero attached hydrogens (tertiary/aromatic N) is 5. The summed E-state index contributed by atoms with van der Waals surface area (Å²) in [6.45, 7) is 8.09. The summed E-state index contributed by atoms with van der Waals surface area (Å²) in [5, 5.41) is 14.3. The maximum atomic E-state index is 13.6. The van der Waals surface area contributed by atoms with E-state index in [1.165, 1.54) is 0 Å². The molecule has 7 nitrogen and oxygen atoms in total. The van der Waals surface area contributed by atoms with Crippen LogP contribution in [0.25, 0.3) is 22.4 Å². The van der Waals surface area contributed by atoms with Crippen molar-refractivity contribution in [3.8, 4) is 5.69 Å². The Balaban J connectivity index is 1.76. The Labute approximate surface area is 189 Å². The molecule has 3 aromatic heterocycles. The lowest BCUT2D eigenvalue weighted by Crippen LogP contribution is -2.23. The van der Waals surface area contributed by atoms with Crippen LogP contribution < -0.4 is 5.56 Å². The van der Waals surface area contributed by atoms with Crippen molar-refractivity contribution in [1.82, 2.24) is 24.3 Å². The van der Waals surface area contributed by atoms with Gasteiger partial charge in [0.05, 0.1) is 22.3 Å². The van der Waals surface area contributed by atoms with Gasteiger partial charge in [-0.1, -0.05) is 61.1 Å². The number of fused-ring (bicyclic) bond motifs is 3. The van der Waals surface area contributed by atoms with Crippen LogP contribution in [0, 0.1) is 13.8 Å². The highest BCUT2D eigenvalue weighted by Crippen LogP contribution is 2.29. The van der Waals surface area contributed by atoms with Crippen LogP contribution in [0.15, 0.2) is 63.0 Å². The molecule has 0 spiro atoms. The molecule has 0 saturated heterocycles. The Morgan fingerprint density at radius 1 is 1.03 bits per heavy atom. The molecule has 5 rings (SSSR count). The van der Waals surface area contributed by atoms with E-state index in [4.69, 9.17) is 4.52 Å². The molecule has 0 bridgehead atoms. The van der Waals surface area contributed by atoms with E-state index in [1.807, 2.05) is 60.7 Å². The van der Waals surface area contributed by atoms with Gasteiger partial charge in [-0.05, 0) is 43.5 Å². The fraction of sp³-hybridized carbons (Fsp3) is 0.250. The molecular formula is C24H23N5O2S. The first-order valence-electron chi connectivity index (χ1n) is 10.5. The summed E-state index contributed by atoms with van der Waals surface area (Å²) < 4.78 is 8.95. The second-order valence-electron chi connectivity index (χ2n) is 8.08. The number of benzene rings is 2. The Hall–Kier alpha value is -3.39. The molecule has 0 saturated carbocycles. The van der Waals surface area contributed by atoms with Gasteiger partial charge in [0.15, 0.2) is 5.16 Å². The van der Waals surface area contributed by atoms with Crippen LogP contribution >= 0.6 is 11.8 Å². The van der Waals surface area contributed by atoms with Gasteiger partial charge in [-0.2, -0.15) is 0 Å². The number of hydrogen-bond donors (Lipinski definition) is 0. The summed E-state index contributed by atoms with van der Waals surface area (Å²) >= 11 is 1.55. The lowest BCUT2D eigenvalue weighted by Gasteiger charge is -2.16. The molecular weight excluding hydrogens is 422 g/mol. The highest BCUT2D eigenvalue weighted by atomic mass is 32.2. The van der Waals surface area contributed by atoms with Gasteiger partial charge in [-0.25, -0.2) is 4.57 Å². The zero-order chi connectivity index (χ0) is 22.4. The van der Waals surface area contributed by atoms with E-state index >= 15 is 0 Å². The predicted octanol–water partition coefficient (Wildman–Crippen LogP) is 5.05. The van der Waals surface area contributed by atoms with Crippen LogP contribution in [0.5, 0.6) is 0 Å². The van der Waals surface area contributed by atoms with E-state index in [1.54, 1.807) is 16.3 Å². The number of thioether (sulfide) groups is 1. The number of para-hydroxylation sites is 2. The number of rotatable bonds is 5. The molecule has 0 fully saturated rings. The monoisotopic (exact) mass is 445 g/mol. The average Bonchev–Trinajstić information content (AvgIpc) is 3.35.